The Morgan fingerprint density at radius 2 is 2.20 bits per heavy atom. The molecule has 0 bridgehead atoms. The van der Waals surface area contributed by atoms with E-state index in [1.54, 1.807) is 23.1 Å². The molecule has 0 aromatic carbocycles. The maximum atomic E-state index is 9.45. The molecule has 0 saturated heterocycles. The number of nitrogens with two attached hydrogens (primary N) is 1. The monoisotopic (exact) mass is 309 g/mol. The van der Waals surface area contributed by atoms with Crippen molar-refractivity contribution < 1.29 is 5.11 Å². The van der Waals surface area contributed by atoms with Gasteiger partial charge in [-0.25, -0.2) is 0 Å². The summed E-state index contributed by atoms with van der Waals surface area (Å²) in [7, 11) is 0. The van der Waals surface area contributed by atoms with Crippen LogP contribution in [0.3, 0.4) is 0 Å². The Morgan fingerprint density at radius 3 is 2.60 bits per heavy atom. The largest absolute Gasteiger partial charge is 0.392 e. The molecule has 1 heterocycles. The third kappa shape index (κ3) is 4.07. The van der Waals surface area contributed by atoms with Gasteiger partial charge in [0.1, 0.15) is 0 Å². The van der Waals surface area contributed by atoms with Crippen molar-refractivity contribution in [2.45, 2.75) is 30.5 Å². The number of hydrogen-bond donors (Lipinski definition) is 2. The normalized spacial score (nSPS) is 17.4. The SMILES string of the molecule is CC(O)C(C)SC(CN)c1ccc(Br)s1. The summed E-state index contributed by atoms with van der Waals surface area (Å²) in [6.45, 7) is 4.45. The van der Waals surface area contributed by atoms with Gasteiger partial charge >= 0.3 is 0 Å². The van der Waals surface area contributed by atoms with Crippen molar-refractivity contribution in [3.63, 3.8) is 0 Å². The number of aliphatic hydroxyl groups is 1. The molecular formula is C10H16BrNOS2. The molecule has 0 spiro atoms. The topological polar surface area (TPSA) is 46.2 Å². The second-order valence-electron chi connectivity index (χ2n) is 3.45. The highest BCUT2D eigenvalue weighted by atomic mass is 79.9. The van der Waals surface area contributed by atoms with Gasteiger partial charge in [-0.2, -0.15) is 0 Å². The van der Waals surface area contributed by atoms with E-state index in [1.165, 1.54) is 4.88 Å². The van der Waals surface area contributed by atoms with E-state index in [9.17, 15) is 5.11 Å². The van der Waals surface area contributed by atoms with Crippen molar-refractivity contribution in [1.82, 2.24) is 0 Å². The van der Waals surface area contributed by atoms with Crippen LogP contribution in [-0.2, 0) is 0 Å². The van der Waals surface area contributed by atoms with Gasteiger partial charge in [-0.05, 0) is 35.0 Å². The summed E-state index contributed by atoms with van der Waals surface area (Å²) in [4.78, 5) is 1.27. The van der Waals surface area contributed by atoms with E-state index in [4.69, 9.17) is 5.73 Å². The van der Waals surface area contributed by atoms with Gasteiger partial charge in [0.25, 0.3) is 0 Å². The van der Waals surface area contributed by atoms with E-state index in [-0.39, 0.29) is 16.6 Å². The van der Waals surface area contributed by atoms with Gasteiger partial charge in [-0.1, -0.05) is 6.92 Å². The highest BCUT2D eigenvalue weighted by Gasteiger charge is 2.18. The maximum Gasteiger partial charge on any atom is 0.0701 e. The fraction of sp³-hybridized carbons (Fsp3) is 0.600. The first-order chi connectivity index (χ1) is 7.04. The summed E-state index contributed by atoms with van der Waals surface area (Å²) >= 11 is 6.89. The van der Waals surface area contributed by atoms with Crippen molar-refractivity contribution in [3.05, 3.63) is 20.8 Å². The van der Waals surface area contributed by atoms with Crippen LogP contribution in [0, 0.1) is 0 Å². The van der Waals surface area contributed by atoms with E-state index in [1.807, 2.05) is 19.9 Å². The predicted molar refractivity (Wildman–Crippen MR) is 72.5 cm³/mol. The second-order valence-corrected chi connectivity index (χ2v) is 7.53. The predicted octanol–water partition coefficient (Wildman–Crippen LogP) is 3.01. The van der Waals surface area contributed by atoms with Crippen LogP contribution in [0.4, 0.5) is 0 Å². The van der Waals surface area contributed by atoms with Crippen LogP contribution in [0.1, 0.15) is 24.0 Å². The van der Waals surface area contributed by atoms with E-state index in [0.717, 1.165) is 3.79 Å². The Morgan fingerprint density at radius 1 is 1.53 bits per heavy atom. The lowest BCUT2D eigenvalue weighted by molar-refractivity contribution is 0.196. The van der Waals surface area contributed by atoms with Crippen LogP contribution < -0.4 is 5.73 Å². The average Bonchev–Trinajstić information content (AvgIpc) is 2.60. The summed E-state index contributed by atoms with van der Waals surface area (Å²) < 4.78 is 1.13. The summed E-state index contributed by atoms with van der Waals surface area (Å²) in [6, 6.07) is 4.13. The quantitative estimate of drug-likeness (QED) is 0.879. The molecule has 86 valence electrons. The highest BCUT2D eigenvalue weighted by molar-refractivity contribution is 9.11. The molecule has 2 nitrogen and oxygen atoms in total. The number of hydrogen-bond acceptors (Lipinski definition) is 4. The molecule has 0 saturated carbocycles. The minimum absolute atomic E-state index is 0.208. The zero-order valence-corrected chi connectivity index (χ0v) is 12.0. The number of rotatable bonds is 5. The van der Waals surface area contributed by atoms with Gasteiger partial charge in [0.15, 0.2) is 0 Å². The summed E-state index contributed by atoms with van der Waals surface area (Å²) in [5.41, 5.74) is 5.75. The number of thiophene rings is 1. The fourth-order valence-electron chi connectivity index (χ4n) is 1.11. The molecular weight excluding hydrogens is 294 g/mol. The molecule has 0 fully saturated rings. The first kappa shape index (κ1) is 13.5. The standard InChI is InChI=1S/C10H16BrNOS2/c1-6(13)7(2)14-9(5-12)8-3-4-10(11)15-8/h3-4,6-7,9,13H,5,12H2,1-2H3. The van der Waals surface area contributed by atoms with E-state index >= 15 is 0 Å². The van der Waals surface area contributed by atoms with Gasteiger partial charge in [0, 0.05) is 16.7 Å². The zero-order valence-electron chi connectivity index (χ0n) is 8.81. The summed E-state index contributed by atoms with van der Waals surface area (Å²) in [6.07, 6.45) is -0.299. The van der Waals surface area contributed by atoms with E-state index < -0.39 is 0 Å². The number of aliphatic hydroxyl groups excluding tert-OH is 1. The number of thioether (sulfide) groups is 1. The molecule has 1 aromatic rings. The van der Waals surface area contributed by atoms with E-state index in [2.05, 4.69) is 22.0 Å². The molecule has 3 N–H and O–H groups in total. The molecule has 5 heteroatoms. The van der Waals surface area contributed by atoms with Crippen molar-refractivity contribution in [3.8, 4) is 0 Å². The molecule has 0 amide bonds. The van der Waals surface area contributed by atoms with Gasteiger partial charge in [-0.15, -0.1) is 23.1 Å². The summed E-state index contributed by atoms with van der Waals surface area (Å²) in [5.74, 6) is 0. The Bertz CT molecular complexity index is 303. The molecule has 3 unspecified atom stereocenters. The van der Waals surface area contributed by atoms with Crippen molar-refractivity contribution in [2.24, 2.45) is 5.73 Å². The van der Waals surface area contributed by atoms with E-state index in [0.29, 0.717) is 6.54 Å². The molecule has 0 radical (unpaired) electrons. The fourth-order valence-corrected chi connectivity index (χ4v) is 3.91. The van der Waals surface area contributed by atoms with Gasteiger partial charge in [-0.3, -0.25) is 0 Å². The summed E-state index contributed by atoms with van der Waals surface area (Å²) in [5, 5.41) is 9.94. The Kier molecular flexibility index (Phi) is 5.63. The van der Waals surface area contributed by atoms with Crippen LogP contribution in [0.25, 0.3) is 0 Å². The second kappa shape index (κ2) is 6.25. The number of halogens is 1. The Hall–Kier alpha value is 0.450. The molecule has 0 aliphatic heterocycles. The van der Waals surface area contributed by atoms with Crippen LogP contribution >= 0.6 is 39.0 Å². The van der Waals surface area contributed by atoms with Gasteiger partial charge in [0.2, 0.25) is 0 Å². The lowest BCUT2D eigenvalue weighted by Gasteiger charge is -2.20. The van der Waals surface area contributed by atoms with Crippen LogP contribution in [0.5, 0.6) is 0 Å². The van der Waals surface area contributed by atoms with Crippen molar-refractivity contribution >= 4 is 39.0 Å². The molecule has 1 aromatic heterocycles. The van der Waals surface area contributed by atoms with Crippen LogP contribution in [0.15, 0.2) is 15.9 Å². The lowest BCUT2D eigenvalue weighted by atomic mass is 10.3. The third-order valence-corrected chi connectivity index (χ3v) is 5.67. The van der Waals surface area contributed by atoms with Crippen LogP contribution in [-0.4, -0.2) is 23.0 Å². The minimum Gasteiger partial charge on any atom is -0.392 e. The molecule has 3 atom stereocenters. The zero-order chi connectivity index (χ0) is 11.4. The smallest absolute Gasteiger partial charge is 0.0701 e. The maximum absolute atomic E-state index is 9.45. The van der Waals surface area contributed by atoms with Crippen molar-refractivity contribution in [1.29, 1.82) is 0 Å². The molecule has 0 aliphatic carbocycles. The highest BCUT2D eigenvalue weighted by Crippen LogP contribution is 2.37. The first-order valence-electron chi connectivity index (χ1n) is 4.83. The minimum atomic E-state index is -0.299. The average molecular weight is 310 g/mol. The van der Waals surface area contributed by atoms with Crippen LogP contribution in [0.2, 0.25) is 0 Å². The Labute approximate surface area is 107 Å². The molecule has 15 heavy (non-hydrogen) atoms. The molecule has 1 rings (SSSR count). The first-order valence-corrected chi connectivity index (χ1v) is 7.38. The van der Waals surface area contributed by atoms with Gasteiger partial charge in [0.05, 0.1) is 15.1 Å². The molecule has 0 aliphatic rings. The van der Waals surface area contributed by atoms with Gasteiger partial charge < -0.3 is 10.8 Å². The lowest BCUT2D eigenvalue weighted by Crippen LogP contribution is -2.19. The Balaban J connectivity index is 2.64. The van der Waals surface area contributed by atoms with Crippen molar-refractivity contribution in [2.75, 3.05) is 6.54 Å². The third-order valence-electron chi connectivity index (χ3n) is 2.18.